The molecule has 0 spiro atoms. The summed E-state index contributed by atoms with van der Waals surface area (Å²) < 4.78 is 35.3. The van der Waals surface area contributed by atoms with Gasteiger partial charge >= 0.3 is 6.61 Å². The van der Waals surface area contributed by atoms with Crippen molar-refractivity contribution in [2.45, 2.75) is 64.1 Å². The van der Waals surface area contributed by atoms with E-state index >= 15 is 0 Å². The number of carbonyl (C=O) groups is 1. The fourth-order valence-corrected chi connectivity index (χ4v) is 2.96. The van der Waals surface area contributed by atoms with Crippen molar-refractivity contribution >= 4 is 5.91 Å². The van der Waals surface area contributed by atoms with Crippen LogP contribution in [0.1, 0.15) is 51.0 Å². The number of ether oxygens (including phenoxy) is 2. The first-order valence-electron chi connectivity index (χ1n) is 8.72. The molecule has 1 aliphatic rings. The molecule has 2 rings (SSSR count). The maximum atomic E-state index is 12.7. The highest BCUT2D eigenvalue weighted by Gasteiger charge is 2.35. The van der Waals surface area contributed by atoms with Gasteiger partial charge in [0.15, 0.2) is 0 Å². The molecule has 140 valence electrons. The lowest BCUT2D eigenvalue weighted by atomic mass is 9.82. The van der Waals surface area contributed by atoms with Crippen molar-refractivity contribution < 1.29 is 23.0 Å². The lowest BCUT2D eigenvalue weighted by Crippen LogP contribution is -2.54. The van der Waals surface area contributed by atoms with Gasteiger partial charge in [0.25, 0.3) is 0 Å². The van der Waals surface area contributed by atoms with Gasteiger partial charge in [-0.1, -0.05) is 26.2 Å². The van der Waals surface area contributed by atoms with Crippen LogP contribution in [0.4, 0.5) is 8.78 Å². The molecular formula is C18H26F2N2O3. The second-order valence-corrected chi connectivity index (χ2v) is 6.40. The first-order valence-corrected chi connectivity index (χ1v) is 8.72. The Morgan fingerprint density at radius 3 is 2.68 bits per heavy atom. The van der Waals surface area contributed by atoms with Gasteiger partial charge in [-0.2, -0.15) is 8.78 Å². The van der Waals surface area contributed by atoms with E-state index in [0.717, 1.165) is 25.7 Å². The van der Waals surface area contributed by atoms with E-state index in [-0.39, 0.29) is 18.2 Å². The summed E-state index contributed by atoms with van der Waals surface area (Å²) in [6.07, 6.45) is 5.02. The first-order chi connectivity index (χ1) is 11.9. The number of nitrogens with one attached hydrogen (secondary N) is 1. The summed E-state index contributed by atoms with van der Waals surface area (Å²) in [6, 6.07) is 4.71. The molecule has 1 aromatic carbocycles. The number of hydrogen-bond acceptors (Lipinski definition) is 4. The molecule has 5 nitrogen and oxygen atoms in total. The molecule has 0 bridgehead atoms. The summed E-state index contributed by atoms with van der Waals surface area (Å²) in [5.74, 6) is 0.204. The molecule has 0 atom stereocenters. The van der Waals surface area contributed by atoms with Crippen molar-refractivity contribution in [1.29, 1.82) is 0 Å². The number of rotatable bonds is 8. The maximum Gasteiger partial charge on any atom is 0.387 e. The predicted octanol–water partition coefficient (Wildman–Crippen LogP) is 3.35. The Balaban J connectivity index is 2.05. The average Bonchev–Trinajstić information content (AvgIpc) is 2.59. The van der Waals surface area contributed by atoms with Gasteiger partial charge in [0.2, 0.25) is 5.91 Å². The third kappa shape index (κ3) is 5.56. The second-order valence-electron chi connectivity index (χ2n) is 6.40. The topological polar surface area (TPSA) is 73.6 Å². The molecule has 1 amide bonds. The number of alkyl halides is 2. The number of benzene rings is 1. The van der Waals surface area contributed by atoms with Crippen molar-refractivity contribution in [3.05, 3.63) is 23.8 Å². The lowest BCUT2D eigenvalue weighted by Gasteiger charge is -2.31. The summed E-state index contributed by atoms with van der Waals surface area (Å²) in [4.78, 5) is 12.4. The molecule has 7 heteroatoms. The van der Waals surface area contributed by atoms with Crippen LogP contribution in [-0.4, -0.2) is 24.7 Å². The number of nitrogens with two attached hydrogens (primary N) is 1. The molecule has 25 heavy (non-hydrogen) atoms. The summed E-state index contributed by atoms with van der Waals surface area (Å²) >= 11 is 0. The number of carbonyl (C=O) groups excluding carboxylic acids is 1. The van der Waals surface area contributed by atoms with Crippen molar-refractivity contribution in [2.75, 3.05) is 6.61 Å². The maximum absolute atomic E-state index is 12.7. The van der Waals surface area contributed by atoms with Crippen LogP contribution in [0, 0.1) is 0 Å². The molecule has 1 fully saturated rings. The van der Waals surface area contributed by atoms with Gasteiger partial charge in [0, 0.05) is 18.2 Å². The quantitative estimate of drug-likeness (QED) is 0.749. The number of amides is 1. The number of halogens is 2. The van der Waals surface area contributed by atoms with E-state index in [0.29, 0.717) is 30.8 Å². The summed E-state index contributed by atoms with van der Waals surface area (Å²) in [5, 5.41) is 2.76. The zero-order chi connectivity index (χ0) is 18.3. The average molecular weight is 356 g/mol. The van der Waals surface area contributed by atoms with Crippen molar-refractivity contribution in [2.24, 2.45) is 5.73 Å². The number of hydrogen-bond donors (Lipinski definition) is 2. The molecule has 0 aliphatic heterocycles. The van der Waals surface area contributed by atoms with Gasteiger partial charge in [-0.15, -0.1) is 0 Å². The molecule has 0 aromatic heterocycles. The Morgan fingerprint density at radius 2 is 2.04 bits per heavy atom. The van der Waals surface area contributed by atoms with Crippen LogP contribution in [0.25, 0.3) is 0 Å². The van der Waals surface area contributed by atoms with Crippen LogP contribution in [0.15, 0.2) is 18.2 Å². The zero-order valence-corrected chi connectivity index (χ0v) is 14.5. The van der Waals surface area contributed by atoms with E-state index < -0.39 is 12.2 Å². The lowest BCUT2D eigenvalue weighted by molar-refractivity contribution is -0.127. The van der Waals surface area contributed by atoms with Gasteiger partial charge < -0.3 is 20.5 Å². The minimum absolute atomic E-state index is 0.00128. The normalized spacial score (nSPS) is 16.5. The van der Waals surface area contributed by atoms with Gasteiger partial charge in [0.05, 0.1) is 12.1 Å². The smallest absolute Gasteiger partial charge is 0.387 e. The molecule has 0 heterocycles. The van der Waals surface area contributed by atoms with E-state index in [9.17, 15) is 13.6 Å². The van der Waals surface area contributed by atoms with Crippen molar-refractivity contribution in [1.82, 2.24) is 5.32 Å². The molecule has 1 aliphatic carbocycles. The van der Waals surface area contributed by atoms with Crippen molar-refractivity contribution in [3.63, 3.8) is 0 Å². The van der Waals surface area contributed by atoms with Crippen LogP contribution in [0.2, 0.25) is 0 Å². The minimum Gasteiger partial charge on any atom is -0.493 e. The summed E-state index contributed by atoms with van der Waals surface area (Å²) in [7, 11) is 0. The molecule has 0 unspecified atom stereocenters. The van der Waals surface area contributed by atoms with Crippen LogP contribution in [-0.2, 0) is 11.3 Å². The Morgan fingerprint density at radius 1 is 1.32 bits per heavy atom. The first kappa shape index (κ1) is 19.4. The third-order valence-corrected chi connectivity index (χ3v) is 4.36. The van der Waals surface area contributed by atoms with Crippen LogP contribution < -0.4 is 20.5 Å². The van der Waals surface area contributed by atoms with Crippen molar-refractivity contribution in [3.8, 4) is 11.5 Å². The van der Waals surface area contributed by atoms with Gasteiger partial charge in [-0.25, -0.2) is 0 Å². The van der Waals surface area contributed by atoms with Crippen LogP contribution in [0.5, 0.6) is 11.5 Å². The second kappa shape index (κ2) is 8.99. The Labute approximate surface area is 146 Å². The van der Waals surface area contributed by atoms with E-state index in [2.05, 4.69) is 10.1 Å². The Hall–Kier alpha value is -1.89. The highest BCUT2D eigenvalue weighted by atomic mass is 19.3. The fourth-order valence-electron chi connectivity index (χ4n) is 2.96. The minimum atomic E-state index is -2.95. The van der Waals surface area contributed by atoms with E-state index in [4.69, 9.17) is 10.5 Å². The van der Waals surface area contributed by atoms with Gasteiger partial charge in [-0.3, -0.25) is 4.79 Å². The van der Waals surface area contributed by atoms with Gasteiger partial charge in [0.1, 0.15) is 11.5 Å². The zero-order valence-electron chi connectivity index (χ0n) is 14.5. The van der Waals surface area contributed by atoms with E-state index in [1.807, 2.05) is 6.92 Å². The van der Waals surface area contributed by atoms with E-state index in [1.54, 1.807) is 12.1 Å². The SMILES string of the molecule is CCCOc1ccc(CNC(=O)C2(N)CCCCC2)c(OC(F)F)c1. The fraction of sp³-hybridized carbons (Fsp3) is 0.611. The van der Waals surface area contributed by atoms with Gasteiger partial charge in [-0.05, 0) is 31.4 Å². The molecule has 0 saturated heterocycles. The standard InChI is InChI=1S/C18H26F2N2O3/c1-2-10-24-14-7-6-13(15(11-14)25-17(19)20)12-22-16(23)18(21)8-4-3-5-9-18/h6-7,11,17H,2-5,8-10,12,21H2,1H3,(H,22,23). The van der Waals surface area contributed by atoms with E-state index in [1.165, 1.54) is 6.07 Å². The largest absolute Gasteiger partial charge is 0.493 e. The van der Waals surface area contributed by atoms with Crippen LogP contribution >= 0.6 is 0 Å². The molecule has 1 aromatic rings. The monoisotopic (exact) mass is 356 g/mol. The summed E-state index contributed by atoms with van der Waals surface area (Å²) in [5.41, 5.74) is 5.77. The summed E-state index contributed by atoms with van der Waals surface area (Å²) in [6.45, 7) is -0.433. The molecule has 1 saturated carbocycles. The van der Waals surface area contributed by atoms with Crippen LogP contribution in [0.3, 0.4) is 0 Å². The molecule has 0 radical (unpaired) electrons. The third-order valence-electron chi connectivity index (χ3n) is 4.36. The predicted molar refractivity (Wildman–Crippen MR) is 90.7 cm³/mol. The molecule has 3 N–H and O–H groups in total. The Kier molecular flexibility index (Phi) is 6.99. The highest BCUT2D eigenvalue weighted by molar-refractivity contribution is 5.86. The highest BCUT2D eigenvalue weighted by Crippen LogP contribution is 2.28. The molecular weight excluding hydrogens is 330 g/mol. The Bertz CT molecular complexity index is 575.